The van der Waals surface area contributed by atoms with E-state index in [1.54, 1.807) is 6.20 Å². The van der Waals surface area contributed by atoms with Gasteiger partial charge >= 0.3 is 0 Å². The smallest absolute Gasteiger partial charge is 0.0693 e. The number of hydrogen-bond donors (Lipinski definition) is 0. The van der Waals surface area contributed by atoms with E-state index in [9.17, 15) is 5.26 Å². The molecule has 1 heterocycles. The number of nitrogens with zero attached hydrogens (tertiary/aromatic N) is 2. The summed E-state index contributed by atoms with van der Waals surface area (Å²) in [5.74, 6) is 0.721. The summed E-state index contributed by atoms with van der Waals surface area (Å²) in [6.07, 6.45) is 10.3. The number of halogens is 1. The minimum absolute atomic E-state index is 0.165. The van der Waals surface area contributed by atoms with E-state index < -0.39 is 0 Å². The van der Waals surface area contributed by atoms with Crippen molar-refractivity contribution in [3.63, 3.8) is 0 Å². The molecule has 2 nitrogen and oxygen atoms in total. The van der Waals surface area contributed by atoms with Gasteiger partial charge in [0, 0.05) is 16.9 Å². The van der Waals surface area contributed by atoms with Gasteiger partial charge in [0.15, 0.2) is 0 Å². The van der Waals surface area contributed by atoms with Crippen LogP contribution in [0.25, 0.3) is 0 Å². The summed E-state index contributed by atoms with van der Waals surface area (Å²) < 4.78 is 0.996. The van der Waals surface area contributed by atoms with Crippen molar-refractivity contribution in [2.45, 2.75) is 45.4 Å². The number of rotatable bonds is 3. The molecule has 1 saturated carbocycles. The van der Waals surface area contributed by atoms with Crippen molar-refractivity contribution in [3.8, 4) is 6.07 Å². The SMILES string of the molecule is CCC1CCCC(C#N)(Cc2cncc(Br)c2)C1. The van der Waals surface area contributed by atoms with E-state index in [0.717, 1.165) is 29.7 Å². The average Bonchev–Trinajstić information content (AvgIpc) is 2.39. The van der Waals surface area contributed by atoms with Crippen LogP contribution in [0, 0.1) is 22.7 Å². The Morgan fingerprint density at radius 3 is 3.06 bits per heavy atom. The summed E-state index contributed by atoms with van der Waals surface area (Å²) in [5.41, 5.74) is 1.00. The molecule has 1 fully saturated rings. The van der Waals surface area contributed by atoms with Crippen LogP contribution in [0.3, 0.4) is 0 Å². The molecule has 1 aromatic heterocycles. The lowest BCUT2D eigenvalue weighted by Gasteiger charge is -2.35. The maximum absolute atomic E-state index is 9.60. The van der Waals surface area contributed by atoms with E-state index in [1.807, 2.05) is 6.20 Å². The second-order valence-corrected chi connectivity index (χ2v) is 6.37. The zero-order chi connectivity index (χ0) is 13.0. The third kappa shape index (κ3) is 3.11. The van der Waals surface area contributed by atoms with Crippen LogP contribution in [0.2, 0.25) is 0 Å². The zero-order valence-corrected chi connectivity index (χ0v) is 12.4. The fourth-order valence-electron chi connectivity index (χ4n) is 3.08. The van der Waals surface area contributed by atoms with Crippen molar-refractivity contribution in [2.24, 2.45) is 11.3 Å². The van der Waals surface area contributed by atoms with Crippen LogP contribution >= 0.6 is 15.9 Å². The van der Waals surface area contributed by atoms with Gasteiger partial charge in [-0.15, -0.1) is 0 Å². The van der Waals surface area contributed by atoms with Gasteiger partial charge in [-0.2, -0.15) is 5.26 Å². The van der Waals surface area contributed by atoms with Crippen LogP contribution in [0.4, 0.5) is 0 Å². The normalized spacial score (nSPS) is 27.7. The van der Waals surface area contributed by atoms with Gasteiger partial charge in [-0.05, 0) is 52.7 Å². The summed E-state index contributed by atoms with van der Waals surface area (Å²) in [6.45, 7) is 2.23. The summed E-state index contributed by atoms with van der Waals surface area (Å²) in [4.78, 5) is 4.20. The standard InChI is InChI=1S/C15H19BrN2/c1-2-12-4-3-5-15(7-12,11-17)8-13-6-14(16)10-18-9-13/h6,9-10,12H,2-5,7-8H2,1H3. The Balaban J connectivity index is 2.16. The molecule has 0 bridgehead atoms. The fraction of sp³-hybridized carbons (Fsp3) is 0.600. The minimum atomic E-state index is -0.165. The van der Waals surface area contributed by atoms with Crippen LogP contribution in [-0.2, 0) is 6.42 Å². The first kappa shape index (κ1) is 13.5. The van der Waals surface area contributed by atoms with E-state index >= 15 is 0 Å². The molecular formula is C15H19BrN2. The molecule has 0 spiro atoms. The number of hydrogen-bond acceptors (Lipinski definition) is 2. The quantitative estimate of drug-likeness (QED) is 0.824. The monoisotopic (exact) mass is 306 g/mol. The molecule has 18 heavy (non-hydrogen) atoms. The first-order chi connectivity index (χ1) is 8.67. The largest absolute Gasteiger partial charge is 0.263 e. The highest BCUT2D eigenvalue weighted by Gasteiger charge is 2.36. The lowest BCUT2D eigenvalue weighted by molar-refractivity contribution is 0.194. The van der Waals surface area contributed by atoms with Gasteiger partial charge in [0.2, 0.25) is 0 Å². The summed E-state index contributed by atoms with van der Waals surface area (Å²) >= 11 is 3.45. The van der Waals surface area contributed by atoms with E-state index in [0.29, 0.717) is 0 Å². The summed E-state index contributed by atoms with van der Waals surface area (Å²) in [7, 11) is 0. The average molecular weight is 307 g/mol. The second kappa shape index (κ2) is 5.84. The molecule has 0 aromatic carbocycles. The van der Waals surface area contributed by atoms with Crippen molar-refractivity contribution in [3.05, 3.63) is 28.5 Å². The molecule has 0 radical (unpaired) electrons. The minimum Gasteiger partial charge on any atom is -0.263 e. The van der Waals surface area contributed by atoms with Crippen LogP contribution in [0.5, 0.6) is 0 Å². The Morgan fingerprint density at radius 2 is 2.39 bits per heavy atom. The fourth-order valence-corrected chi connectivity index (χ4v) is 3.49. The molecule has 1 aromatic rings. The molecule has 0 N–H and O–H groups in total. The third-order valence-corrected chi connectivity index (χ3v) is 4.50. The highest BCUT2D eigenvalue weighted by Crippen LogP contribution is 2.42. The van der Waals surface area contributed by atoms with Crippen LogP contribution in [0.1, 0.15) is 44.6 Å². The Bertz CT molecular complexity index is 452. The van der Waals surface area contributed by atoms with Gasteiger partial charge in [-0.1, -0.05) is 26.2 Å². The van der Waals surface area contributed by atoms with E-state index in [-0.39, 0.29) is 5.41 Å². The lowest BCUT2D eigenvalue weighted by Crippen LogP contribution is -2.29. The van der Waals surface area contributed by atoms with Crippen LogP contribution < -0.4 is 0 Å². The molecule has 96 valence electrons. The molecule has 2 unspecified atom stereocenters. The Labute approximate surface area is 118 Å². The highest BCUT2D eigenvalue weighted by atomic mass is 79.9. The molecule has 2 atom stereocenters. The van der Waals surface area contributed by atoms with Crippen molar-refractivity contribution in [2.75, 3.05) is 0 Å². The molecule has 2 rings (SSSR count). The molecule has 1 aliphatic rings. The molecule has 0 aliphatic heterocycles. The predicted molar refractivity (Wildman–Crippen MR) is 75.9 cm³/mol. The summed E-state index contributed by atoms with van der Waals surface area (Å²) in [5, 5.41) is 9.60. The Hall–Kier alpha value is -0.880. The van der Waals surface area contributed by atoms with E-state index in [2.05, 4.69) is 40.0 Å². The van der Waals surface area contributed by atoms with Crippen molar-refractivity contribution < 1.29 is 0 Å². The van der Waals surface area contributed by atoms with Crippen LogP contribution in [-0.4, -0.2) is 4.98 Å². The Kier molecular flexibility index (Phi) is 4.40. The third-order valence-electron chi connectivity index (χ3n) is 4.07. The van der Waals surface area contributed by atoms with Crippen LogP contribution in [0.15, 0.2) is 22.9 Å². The molecular weight excluding hydrogens is 288 g/mol. The maximum atomic E-state index is 9.60. The van der Waals surface area contributed by atoms with Gasteiger partial charge in [-0.25, -0.2) is 0 Å². The van der Waals surface area contributed by atoms with Crippen molar-refractivity contribution in [1.82, 2.24) is 4.98 Å². The lowest BCUT2D eigenvalue weighted by atomic mass is 9.67. The van der Waals surface area contributed by atoms with E-state index in [4.69, 9.17) is 0 Å². The summed E-state index contributed by atoms with van der Waals surface area (Å²) in [6, 6.07) is 4.69. The highest BCUT2D eigenvalue weighted by molar-refractivity contribution is 9.10. The van der Waals surface area contributed by atoms with Gasteiger partial charge < -0.3 is 0 Å². The maximum Gasteiger partial charge on any atom is 0.0693 e. The topological polar surface area (TPSA) is 36.7 Å². The van der Waals surface area contributed by atoms with Gasteiger partial charge in [-0.3, -0.25) is 4.98 Å². The Morgan fingerprint density at radius 1 is 1.56 bits per heavy atom. The van der Waals surface area contributed by atoms with E-state index in [1.165, 1.54) is 24.8 Å². The van der Waals surface area contributed by atoms with Crippen molar-refractivity contribution in [1.29, 1.82) is 5.26 Å². The van der Waals surface area contributed by atoms with Gasteiger partial charge in [0.05, 0.1) is 11.5 Å². The molecule has 3 heteroatoms. The van der Waals surface area contributed by atoms with Gasteiger partial charge in [0.1, 0.15) is 0 Å². The number of pyridine rings is 1. The molecule has 0 saturated heterocycles. The van der Waals surface area contributed by atoms with Gasteiger partial charge in [0.25, 0.3) is 0 Å². The second-order valence-electron chi connectivity index (χ2n) is 5.45. The first-order valence-electron chi connectivity index (χ1n) is 6.68. The number of nitriles is 1. The number of aromatic nitrogens is 1. The molecule has 0 amide bonds. The zero-order valence-electron chi connectivity index (χ0n) is 10.8. The van der Waals surface area contributed by atoms with Crippen molar-refractivity contribution >= 4 is 15.9 Å². The first-order valence-corrected chi connectivity index (χ1v) is 7.47. The predicted octanol–water partition coefficient (Wildman–Crippen LogP) is 4.50. The molecule has 1 aliphatic carbocycles.